The van der Waals surface area contributed by atoms with Crippen molar-refractivity contribution in [3.05, 3.63) is 86.5 Å². The van der Waals surface area contributed by atoms with Crippen LogP contribution in [0.4, 0.5) is 5.69 Å². The molecule has 9 nitrogen and oxygen atoms in total. The number of fused-ring (bicyclic) bond motifs is 1. The Morgan fingerprint density at radius 3 is 2.67 bits per heavy atom. The Bertz CT molecular complexity index is 1210. The summed E-state index contributed by atoms with van der Waals surface area (Å²) in [6, 6.07) is 13.8. The van der Waals surface area contributed by atoms with E-state index in [1.807, 2.05) is 31.2 Å². The molecule has 2 aromatic carbocycles. The lowest BCUT2D eigenvalue weighted by Gasteiger charge is -2.06. The second kappa shape index (κ2) is 6.45. The monoisotopic (exact) mass is 362 g/mol. The molecule has 4 rings (SSSR count). The molecular formula is C18H14N6O3. The molecule has 0 aliphatic heterocycles. The predicted octanol–water partition coefficient (Wildman–Crippen LogP) is 2.24. The summed E-state index contributed by atoms with van der Waals surface area (Å²) < 4.78 is 2.86. The van der Waals surface area contributed by atoms with Crippen molar-refractivity contribution >= 4 is 16.9 Å². The normalized spacial score (nSPS) is 11.0. The van der Waals surface area contributed by atoms with Crippen LogP contribution in [0.25, 0.3) is 16.9 Å². The van der Waals surface area contributed by atoms with Gasteiger partial charge in [0, 0.05) is 12.1 Å². The highest BCUT2D eigenvalue weighted by molar-refractivity contribution is 5.70. The Kier molecular flexibility index (Phi) is 3.96. The molecule has 0 saturated heterocycles. The molecule has 0 atom stereocenters. The molecule has 0 radical (unpaired) electrons. The summed E-state index contributed by atoms with van der Waals surface area (Å²) in [7, 11) is 0. The summed E-state index contributed by atoms with van der Waals surface area (Å²) in [5.41, 5.74) is 2.60. The first kappa shape index (κ1) is 16.6. The van der Waals surface area contributed by atoms with Gasteiger partial charge in [-0.3, -0.25) is 19.5 Å². The summed E-state index contributed by atoms with van der Waals surface area (Å²) in [6.07, 6.45) is 1.40. The van der Waals surface area contributed by atoms with Gasteiger partial charge in [-0.05, 0) is 24.6 Å². The molecule has 0 bridgehead atoms. The van der Waals surface area contributed by atoms with Gasteiger partial charge in [0.1, 0.15) is 6.33 Å². The van der Waals surface area contributed by atoms with Crippen LogP contribution in [-0.2, 0) is 6.54 Å². The fourth-order valence-electron chi connectivity index (χ4n) is 2.78. The van der Waals surface area contributed by atoms with E-state index in [0.29, 0.717) is 11.2 Å². The van der Waals surface area contributed by atoms with Crippen LogP contribution in [0.3, 0.4) is 0 Å². The number of rotatable bonds is 4. The number of nitro groups is 1. The highest BCUT2D eigenvalue weighted by Crippen LogP contribution is 2.15. The largest absolute Gasteiger partial charge is 0.293 e. The highest BCUT2D eigenvalue weighted by Gasteiger charge is 2.14. The summed E-state index contributed by atoms with van der Waals surface area (Å²) in [6.45, 7) is 2.13. The van der Waals surface area contributed by atoms with Crippen LogP contribution in [-0.4, -0.2) is 29.5 Å². The molecule has 0 fully saturated rings. The third-order valence-corrected chi connectivity index (χ3v) is 4.18. The Morgan fingerprint density at radius 1 is 1.15 bits per heavy atom. The fraction of sp³-hybridized carbons (Fsp3) is 0.111. The van der Waals surface area contributed by atoms with Gasteiger partial charge in [-0.15, -0.1) is 5.10 Å². The molecular weight excluding hydrogens is 348 g/mol. The topological polar surface area (TPSA) is 109 Å². The van der Waals surface area contributed by atoms with E-state index in [-0.39, 0.29) is 23.3 Å². The molecule has 0 aliphatic carbocycles. The molecule has 0 N–H and O–H groups in total. The first-order valence-corrected chi connectivity index (χ1v) is 8.14. The third-order valence-electron chi connectivity index (χ3n) is 4.18. The van der Waals surface area contributed by atoms with E-state index in [1.165, 1.54) is 27.7 Å². The molecule has 2 heterocycles. The number of hydrogen-bond acceptors (Lipinski definition) is 6. The van der Waals surface area contributed by atoms with E-state index in [4.69, 9.17) is 0 Å². The van der Waals surface area contributed by atoms with E-state index >= 15 is 0 Å². The van der Waals surface area contributed by atoms with Gasteiger partial charge in [0.05, 0.1) is 17.2 Å². The number of hydrogen-bond donors (Lipinski definition) is 0. The zero-order valence-corrected chi connectivity index (χ0v) is 14.3. The molecule has 0 saturated carbocycles. The average molecular weight is 362 g/mol. The molecule has 9 heteroatoms. The van der Waals surface area contributed by atoms with Crippen molar-refractivity contribution in [2.75, 3.05) is 0 Å². The van der Waals surface area contributed by atoms with Crippen LogP contribution in [0, 0.1) is 17.0 Å². The summed E-state index contributed by atoms with van der Waals surface area (Å²) in [5.74, 6) is 0. The zero-order chi connectivity index (χ0) is 19.0. The van der Waals surface area contributed by atoms with Crippen molar-refractivity contribution in [3.63, 3.8) is 0 Å². The van der Waals surface area contributed by atoms with Gasteiger partial charge in [-0.2, -0.15) is 4.68 Å². The summed E-state index contributed by atoms with van der Waals surface area (Å²) in [5, 5.41) is 18.9. The molecule has 134 valence electrons. The molecule has 0 spiro atoms. The van der Waals surface area contributed by atoms with Crippen molar-refractivity contribution < 1.29 is 4.92 Å². The second-order valence-corrected chi connectivity index (χ2v) is 6.11. The van der Waals surface area contributed by atoms with Gasteiger partial charge >= 0.3 is 0 Å². The van der Waals surface area contributed by atoms with Crippen LogP contribution >= 0.6 is 0 Å². The van der Waals surface area contributed by atoms with E-state index in [9.17, 15) is 14.9 Å². The average Bonchev–Trinajstić information content (AvgIpc) is 3.10. The zero-order valence-electron chi connectivity index (χ0n) is 14.3. The lowest BCUT2D eigenvalue weighted by molar-refractivity contribution is -0.384. The van der Waals surface area contributed by atoms with E-state index in [1.54, 1.807) is 12.1 Å². The number of aromatic nitrogens is 5. The Balaban J connectivity index is 1.73. The quantitative estimate of drug-likeness (QED) is 0.407. The van der Waals surface area contributed by atoms with Gasteiger partial charge in [-0.25, -0.2) is 4.98 Å². The predicted molar refractivity (Wildman–Crippen MR) is 97.9 cm³/mol. The van der Waals surface area contributed by atoms with Gasteiger partial charge in [0.15, 0.2) is 11.2 Å². The highest BCUT2D eigenvalue weighted by atomic mass is 16.6. The molecule has 0 unspecified atom stereocenters. The lowest BCUT2D eigenvalue weighted by atomic mass is 10.2. The number of benzene rings is 2. The maximum absolute atomic E-state index is 12.7. The van der Waals surface area contributed by atoms with Crippen LogP contribution in [0.15, 0.2) is 59.7 Å². The van der Waals surface area contributed by atoms with Crippen molar-refractivity contribution in [2.45, 2.75) is 13.5 Å². The molecule has 2 aromatic heterocycles. The molecule has 0 amide bonds. The minimum atomic E-state index is -0.471. The smallest absolute Gasteiger partial charge is 0.283 e. The third kappa shape index (κ3) is 3.06. The fourth-order valence-corrected chi connectivity index (χ4v) is 2.78. The maximum Gasteiger partial charge on any atom is 0.283 e. The van der Waals surface area contributed by atoms with Gasteiger partial charge in [0.2, 0.25) is 0 Å². The van der Waals surface area contributed by atoms with Crippen LogP contribution < -0.4 is 5.56 Å². The molecule has 4 aromatic rings. The molecule has 27 heavy (non-hydrogen) atoms. The Hall–Kier alpha value is -3.88. The standard InChI is InChI=1S/C18H14N6O3/c1-12-5-7-14(8-6-12)23-17-16(20-21-23)18(25)22(11-19-17)10-13-3-2-4-15(9-13)24(26)27/h2-9,11H,10H2,1H3. The van der Waals surface area contributed by atoms with Crippen LogP contribution in [0.1, 0.15) is 11.1 Å². The maximum atomic E-state index is 12.7. The Morgan fingerprint density at radius 2 is 1.93 bits per heavy atom. The SMILES string of the molecule is Cc1ccc(-n2nnc3c(=O)n(Cc4cccc([N+](=O)[O-])c4)cnc32)cc1. The summed E-state index contributed by atoms with van der Waals surface area (Å²) >= 11 is 0. The van der Waals surface area contributed by atoms with Gasteiger partial charge < -0.3 is 0 Å². The number of aryl methyl sites for hydroxylation is 1. The Labute approximate surface area is 152 Å². The summed E-state index contributed by atoms with van der Waals surface area (Å²) in [4.78, 5) is 27.5. The minimum Gasteiger partial charge on any atom is -0.293 e. The second-order valence-electron chi connectivity index (χ2n) is 6.11. The van der Waals surface area contributed by atoms with Crippen LogP contribution in [0.5, 0.6) is 0 Å². The van der Waals surface area contributed by atoms with Gasteiger partial charge in [-0.1, -0.05) is 35.0 Å². The number of nitro benzene ring substituents is 1. The minimum absolute atomic E-state index is 0.0279. The number of nitrogens with zero attached hydrogens (tertiary/aromatic N) is 6. The number of non-ortho nitro benzene ring substituents is 1. The van der Waals surface area contributed by atoms with Crippen molar-refractivity contribution in [1.82, 2.24) is 24.5 Å². The van der Waals surface area contributed by atoms with E-state index in [2.05, 4.69) is 15.3 Å². The lowest BCUT2D eigenvalue weighted by Crippen LogP contribution is -2.21. The first-order valence-electron chi connectivity index (χ1n) is 8.14. The van der Waals surface area contributed by atoms with Crippen molar-refractivity contribution in [3.8, 4) is 5.69 Å². The van der Waals surface area contributed by atoms with E-state index < -0.39 is 4.92 Å². The van der Waals surface area contributed by atoms with Crippen molar-refractivity contribution in [2.24, 2.45) is 0 Å². The van der Waals surface area contributed by atoms with Crippen LogP contribution in [0.2, 0.25) is 0 Å². The first-order chi connectivity index (χ1) is 13.0. The van der Waals surface area contributed by atoms with E-state index in [0.717, 1.165) is 11.3 Å². The van der Waals surface area contributed by atoms with Crippen molar-refractivity contribution in [1.29, 1.82) is 0 Å². The molecule has 0 aliphatic rings. The van der Waals surface area contributed by atoms with Gasteiger partial charge in [0.25, 0.3) is 11.2 Å².